The average molecular weight is 430 g/mol. The highest BCUT2D eigenvalue weighted by Crippen LogP contribution is 2.39. The molecular weight excluding hydrogens is 408 g/mol. The van der Waals surface area contributed by atoms with Crippen LogP contribution in [0.4, 0.5) is 5.69 Å². The molecule has 32 heavy (non-hydrogen) atoms. The normalized spacial score (nSPS) is 19.5. The summed E-state index contributed by atoms with van der Waals surface area (Å²) in [6.45, 7) is 1.99. The van der Waals surface area contributed by atoms with E-state index in [2.05, 4.69) is 11.4 Å². The first-order valence-electron chi connectivity index (χ1n) is 10.1. The van der Waals surface area contributed by atoms with Crippen LogP contribution in [0, 0.1) is 18.3 Å². The molecule has 0 spiro atoms. The van der Waals surface area contributed by atoms with Crippen molar-refractivity contribution in [2.24, 2.45) is 5.73 Å². The number of aliphatic hydroxyl groups excluding tert-OH is 1. The van der Waals surface area contributed by atoms with Gasteiger partial charge in [-0.1, -0.05) is 30.3 Å². The van der Waals surface area contributed by atoms with Crippen LogP contribution in [-0.4, -0.2) is 34.1 Å². The molecule has 0 fully saturated rings. The number of hydrogen-bond donors (Lipinski definition) is 3. The molecule has 2 aromatic rings. The van der Waals surface area contributed by atoms with Gasteiger partial charge < -0.3 is 25.8 Å². The third kappa shape index (κ3) is 3.94. The van der Waals surface area contributed by atoms with Crippen LogP contribution in [0.2, 0.25) is 0 Å². The zero-order chi connectivity index (χ0) is 22.8. The number of allylic oxidation sites excluding steroid dienone is 1. The molecule has 4 rings (SSSR count). The zero-order valence-electron chi connectivity index (χ0n) is 17.4. The van der Waals surface area contributed by atoms with Gasteiger partial charge in [-0.25, -0.2) is 0 Å². The molecule has 2 unspecified atom stereocenters. The van der Waals surface area contributed by atoms with Gasteiger partial charge in [-0.05, 0) is 36.6 Å². The Hall–Kier alpha value is -4.09. The van der Waals surface area contributed by atoms with Crippen LogP contribution in [-0.2, 0) is 11.4 Å². The molecule has 2 atom stereocenters. The minimum absolute atomic E-state index is 0.141. The number of ether oxygens (including phenoxy) is 1. The molecular formula is C24H22N4O4. The van der Waals surface area contributed by atoms with E-state index in [4.69, 9.17) is 10.5 Å². The molecule has 0 saturated heterocycles. The number of nitrogens with one attached hydrogen (secondary N) is 1. The molecule has 8 nitrogen and oxygen atoms in total. The van der Waals surface area contributed by atoms with E-state index < -0.39 is 18.2 Å². The Morgan fingerprint density at radius 1 is 1.38 bits per heavy atom. The van der Waals surface area contributed by atoms with Crippen molar-refractivity contribution in [2.75, 3.05) is 5.32 Å². The van der Waals surface area contributed by atoms with Crippen LogP contribution in [0.3, 0.4) is 0 Å². The number of carbonyl (C=O) groups is 2. The van der Waals surface area contributed by atoms with Gasteiger partial charge in [-0.15, -0.1) is 0 Å². The smallest absolute Gasteiger partial charge is 0.260 e. The fourth-order valence-corrected chi connectivity index (χ4v) is 3.92. The van der Waals surface area contributed by atoms with Crippen molar-refractivity contribution in [2.45, 2.75) is 32.2 Å². The minimum Gasteiger partial charge on any atom is -0.486 e. The molecule has 2 amide bonds. The lowest BCUT2D eigenvalue weighted by Gasteiger charge is -2.25. The van der Waals surface area contributed by atoms with E-state index in [1.54, 1.807) is 36.5 Å². The molecule has 4 N–H and O–H groups in total. The number of fused-ring (bicyclic) bond motifs is 2. The van der Waals surface area contributed by atoms with Crippen molar-refractivity contribution in [3.8, 4) is 11.8 Å². The number of aryl methyl sites for hydroxylation is 1. The van der Waals surface area contributed by atoms with Gasteiger partial charge in [-0.2, -0.15) is 5.26 Å². The Morgan fingerprint density at radius 3 is 2.91 bits per heavy atom. The quantitative estimate of drug-likeness (QED) is 0.625. The molecule has 0 aromatic heterocycles. The summed E-state index contributed by atoms with van der Waals surface area (Å²) in [5.74, 6) is -0.431. The lowest BCUT2D eigenvalue weighted by Crippen LogP contribution is -2.42. The van der Waals surface area contributed by atoms with E-state index in [1.807, 2.05) is 19.1 Å². The van der Waals surface area contributed by atoms with Gasteiger partial charge in [0.25, 0.3) is 5.91 Å². The minimum atomic E-state index is -1.06. The molecule has 0 radical (unpaired) electrons. The fourth-order valence-electron chi connectivity index (χ4n) is 3.92. The lowest BCUT2D eigenvalue weighted by molar-refractivity contribution is -0.113. The van der Waals surface area contributed by atoms with Crippen LogP contribution >= 0.6 is 0 Å². The third-order valence-corrected chi connectivity index (χ3v) is 5.55. The van der Waals surface area contributed by atoms with Crippen LogP contribution in [0.25, 0.3) is 0 Å². The Morgan fingerprint density at radius 2 is 2.16 bits per heavy atom. The van der Waals surface area contributed by atoms with Crippen LogP contribution in [0.15, 0.2) is 60.3 Å². The Bertz CT molecular complexity index is 1190. The fraction of sp³-hybridized carbons (Fsp3) is 0.208. The number of amides is 2. The first kappa shape index (κ1) is 21.2. The van der Waals surface area contributed by atoms with Crippen molar-refractivity contribution >= 4 is 17.5 Å². The van der Waals surface area contributed by atoms with Gasteiger partial charge in [0.2, 0.25) is 5.91 Å². The maximum absolute atomic E-state index is 13.3. The highest BCUT2D eigenvalue weighted by molar-refractivity contribution is 6.03. The SMILES string of the molecule is Cc1ccc2c(c1OCc1ccccc1C#N)NC(O)C1CC(C=CC(N)=O)=CN1C2=O. The molecule has 2 heterocycles. The zero-order valence-corrected chi connectivity index (χ0v) is 17.4. The number of nitrogens with two attached hydrogens (primary N) is 1. The number of carbonyl (C=O) groups excluding carboxylic acids is 2. The van der Waals surface area contributed by atoms with Crippen molar-refractivity contribution in [3.05, 3.63) is 82.6 Å². The van der Waals surface area contributed by atoms with E-state index in [1.165, 1.54) is 11.0 Å². The van der Waals surface area contributed by atoms with Crippen LogP contribution in [0.5, 0.6) is 5.75 Å². The highest BCUT2D eigenvalue weighted by atomic mass is 16.5. The summed E-state index contributed by atoms with van der Waals surface area (Å²) < 4.78 is 6.05. The van der Waals surface area contributed by atoms with Gasteiger partial charge in [0.05, 0.1) is 28.9 Å². The van der Waals surface area contributed by atoms with Gasteiger partial charge in [-0.3, -0.25) is 9.59 Å². The monoisotopic (exact) mass is 430 g/mol. The Balaban J connectivity index is 1.67. The standard InChI is InChI=1S/C24H22N4O4/c1-14-6-8-18-21(22(14)32-13-17-5-3-2-4-16(17)11-25)27-23(30)19-10-15(7-9-20(26)29)12-28(19)24(18)31/h2-9,12,19,23,27,30H,10,13H2,1H3,(H2,26,29). The summed E-state index contributed by atoms with van der Waals surface area (Å²) in [5.41, 5.74) is 8.66. The first-order chi connectivity index (χ1) is 15.4. The second-order valence-electron chi connectivity index (χ2n) is 7.70. The first-order valence-corrected chi connectivity index (χ1v) is 10.1. The summed E-state index contributed by atoms with van der Waals surface area (Å²) in [6, 6.07) is 12.2. The Kier molecular flexibility index (Phi) is 5.67. The molecule has 0 bridgehead atoms. The van der Waals surface area contributed by atoms with Crippen LogP contribution < -0.4 is 15.8 Å². The summed E-state index contributed by atoms with van der Waals surface area (Å²) in [5, 5.41) is 23.2. The van der Waals surface area contributed by atoms with Crippen molar-refractivity contribution < 1.29 is 19.4 Å². The van der Waals surface area contributed by atoms with Gasteiger partial charge in [0.1, 0.15) is 18.6 Å². The number of aliphatic hydroxyl groups is 1. The summed E-state index contributed by atoms with van der Waals surface area (Å²) in [4.78, 5) is 25.8. The van der Waals surface area contributed by atoms with Gasteiger partial charge in [0, 0.05) is 17.8 Å². The van der Waals surface area contributed by atoms with E-state index in [0.717, 1.165) is 11.1 Å². The second-order valence-corrected chi connectivity index (χ2v) is 7.70. The highest BCUT2D eigenvalue weighted by Gasteiger charge is 2.39. The number of benzene rings is 2. The second kappa shape index (κ2) is 8.57. The maximum atomic E-state index is 13.3. The summed E-state index contributed by atoms with van der Waals surface area (Å²) in [7, 11) is 0. The number of hydrogen-bond acceptors (Lipinski definition) is 6. The number of rotatable bonds is 5. The third-order valence-electron chi connectivity index (χ3n) is 5.55. The lowest BCUT2D eigenvalue weighted by atomic mass is 10.1. The molecule has 162 valence electrons. The molecule has 0 aliphatic carbocycles. The molecule has 8 heteroatoms. The topological polar surface area (TPSA) is 129 Å². The Labute approximate surface area is 185 Å². The molecule has 2 aliphatic heterocycles. The molecule has 2 aromatic carbocycles. The van der Waals surface area contributed by atoms with Gasteiger partial charge in [0.15, 0.2) is 0 Å². The van der Waals surface area contributed by atoms with E-state index in [0.29, 0.717) is 34.6 Å². The van der Waals surface area contributed by atoms with Gasteiger partial charge >= 0.3 is 0 Å². The maximum Gasteiger partial charge on any atom is 0.260 e. The predicted molar refractivity (Wildman–Crippen MR) is 117 cm³/mol. The largest absolute Gasteiger partial charge is 0.486 e. The number of anilines is 1. The van der Waals surface area contributed by atoms with E-state index >= 15 is 0 Å². The van der Waals surface area contributed by atoms with E-state index in [9.17, 15) is 20.0 Å². The van der Waals surface area contributed by atoms with Crippen molar-refractivity contribution in [1.82, 2.24) is 4.90 Å². The average Bonchev–Trinajstić information content (AvgIpc) is 3.18. The number of nitriles is 1. The molecule has 2 aliphatic rings. The van der Waals surface area contributed by atoms with Crippen molar-refractivity contribution in [3.63, 3.8) is 0 Å². The number of primary amides is 1. The van der Waals surface area contributed by atoms with Crippen molar-refractivity contribution in [1.29, 1.82) is 5.26 Å². The van der Waals surface area contributed by atoms with E-state index in [-0.39, 0.29) is 12.5 Å². The summed E-state index contributed by atoms with van der Waals surface area (Å²) in [6.07, 6.45) is 3.70. The molecule has 0 saturated carbocycles. The predicted octanol–water partition coefficient (Wildman–Crippen LogP) is 2.33. The van der Waals surface area contributed by atoms with Crippen LogP contribution in [0.1, 0.15) is 33.5 Å². The number of nitrogens with zero attached hydrogens (tertiary/aromatic N) is 2. The summed E-state index contributed by atoms with van der Waals surface area (Å²) >= 11 is 0.